The first-order valence-corrected chi connectivity index (χ1v) is 9.91. The van der Waals surface area contributed by atoms with E-state index < -0.39 is 0 Å². The fourth-order valence-electron chi connectivity index (χ4n) is 3.84. The Morgan fingerprint density at radius 1 is 0.793 bits per heavy atom. The SMILES string of the molecule is O=C(Cc1ccc(F)cc1)N1CCCN(C(=O)c2cccc3ccccc23)CC1. The highest BCUT2D eigenvalue weighted by Gasteiger charge is 2.23. The minimum absolute atomic E-state index is 0.00892. The summed E-state index contributed by atoms with van der Waals surface area (Å²) in [5.74, 6) is -0.288. The van der Waals surface area contributed by atoms with Gasteiger partial charge in [-0.25, -0.2) is 4.39 Å². The number of amides is 2. The van der Waals surface area contributed by atoms with E-state index in [1.54, 1.807) is 17.0 Å². The van der Waals surface area contributed by atoms with E-state index in [-0.39, 0.29) is 24.1 Å². The van der Waals surface area contributed by atoms with Crippen molar-refractivity contribution in [3.63, 3.8) is 0 Å². The molecule has 0 bridgehead atoms. The molecular formula is C24H23FN2O2. The summed E-state index contributed by atoms with van der Waals surface area (Å²) in [5.41, 5.74) is 1.50. The number of halogens is 1. The summed E-state index contributed by atoms with van der Waals surface area (Å²) in [6.07, 6.45) is 0.989. The van der Waals surface area contributed by atoms with Gasteiger partial charge in [-0.05, 0) is 41.0 Å². The van der Waals surface area contributed by atoms with Crippen LogP contribution in [0.15, 0.2) is 66.7 Å². The van der Waals surface area contributed by atoms with Crippen molar-refractivity contribution in [1.29, 1.82) is 0 Å². The summed E-state index contributed by atoms with van der Waals surface area (Å²) < 4.78 is 13.1. The van der Waals surface area contributed by atoms with Gasteiger partial charge in [-0.2, -0.15) is 0 Å². The van der Waals surface area contributed by atoms with Crippen molar-refractivity contribution in [3.8, 4) is 0 Å². The fourth-order valence-corrected chi connectivity index (χ4v) is 3.84. The van der Waals surface area contributed by atoms with Crippen LogP contribution >= 0.6 is 0 Å². The molecule has 0 aromatic heterocycles. The Morgan fingerprint density at radius 3 is 2.31 bits per heavy atom. The molecule has 0 aliphatic carbocycles. The molecule has 1 fully saturated rings. The lowest BCUT2D eigenvalue weighted by molar-refractivity contribution is -0.130. The van der Waals surface area contributed by atoms with Gasteiger partial charge in [-0.1, -0.05) is 48.5 Å². The van der Waals surface area contributed by atoms with Crippen LogP contribution in [0.3, 0.4) is 0 Å². The molecule has 148 valence electrons. The van der Waals surface area contributed by atoms with Crippen molar-refractivity contribution in [2.45, 2.75) is 12.8 Å². The second-order valence-electron chi connectivity index (χ2n) is 7.36. The number of carbonyl (C=O) groups is 2. The zero-order valence-corrected chi connectivity index (χ0v) is 16.2. The van der Waals surface area contributed by atoms with E-state index in [1.807, 2.05) is 47.4 Å². The first kappa shape index (κ1) is 19.1. The van der Waals surface area contributed by atoms with Gasteiger partial charge < -0.3 is 9.80 Å². The second kappa shape index (κ2) is 8.43. The van der Waals surface area contributed by atoms with Gasteiger partial charge in [0.1, 0.15) is 5.82 Å². The fraction of sp³-hybridized carbons (Fsp3) is 0.250. The Balaban J connectivity index is 1.43. The molecule has 4 rings (SSSR count). The molecule has 3 aromatic carbocycles. The highest BCUT2D eigenvalue weighted by Crippen LogP contribution is 2.21. The van der Waals surface area contributed by atoms with E-state index >= 15 is 0 Å². The minimum Gasteiger partial charge on any atom is -0.341 e. The third-order valence-electron chi connectivity index (χ3n) is 5.42. The Labute approximate surface area is 169 Å². The van der Waals surface area contributed by atoms with Crippen LogP contribution in [-0.4, -0.2) is 47.8 Å². The quantitative estimate of drug-likeness (QED) is 0.681. The van der Waals surface area contributed by atoms with Crippen LogP contribution in [0.4, 0.5) is 4.39 Å². The van der Waals surface area contributed by atoms with Crippen LogP contribution in [-0.2, 0) is 11.2 Å². The van der Waals surface area contributed by atoms with E-state index in [0.29, 0.717) is 31.7 Å². The summed E-state index contributed by atoms with van der Waals surface area (Å²) in [7, 11) is 0. The molecule has 2 amide bonds. The van der Waals surface area contributed by atoms with Crippen molar-refractivity contribution in [2.24, 2.45) is 0 Å². The third kappa shape index (κ3) is 4.29. The molecule has 5 heteroatoms. The lowest BCUT2D eigenvalue weighted by atomic mass is 10.0. The van der Waals surface area contributed by atoms with Gasteiger partial charge in [-0.3, -0.25) is 9.59 Å². The highest BCUT2D eigenvalue weighted by atomic mass is 19.1. The highest BCUT2D eigenvalue weighted by molar-refractivity contribution is 6.07. The molecule has 3 aromatic rings. The summed E-state index contributed by atoms with van der Waals surface area (Å²) in [6.45, 7) is 2.27. The number of benzene rings is 3. The molecule has 1 aliphatic rings. The Hall–Kier alpha value is -3.21. The molecule has 0 atom stereocenters. The number of hydrogen-bond donors (Lipinski definition) is 0. The van der Waals surface area contributed by atoms with Gasteiger partial charge in [0, 0.05) is 31.7 Å². The first-order chi connectivity index (χ1) is 14.1. The molecule has 1 heterocycles. The molecule has 29 heavy (non-hydrogen) atoms. The smallest absolute Gasteiger partial charge is 0.254 e. The summed E-state index contributed by atoms with van der Waals surface area (Å²) in [4.78, 5) is 29.5. The second-order valence-corrected chi connectivity index (χ2v) is 7.36. The molecule has 0 radical (unpaired) electrons. The summed E-state index contributed by atoms with van der Waals surface area (Å²) >= 11 is 0. The predicted molar refractivity (Wildman–Crippen MR) is 111 cm³/mol. The molecule has 0 saturated carbocycles. The number of hydrogen-bond acceptors (Lipinski definition) is 2. The van der Waals surface area contributed by atoms with E-state index in [1.165, 1.54) is 12.1 Å². The van der Waals surface area contributed by atoms with E-state index in [0.717, 1.165) is 22.8 Å². The number of fused-ring (bicyclic) bond motifs is 1. The number of rotatable bonds is 3. The molecule has 0 spiro atoms. The van der Waals surface area contributed by atoms with E-state index in [9.17, 15) is 14.0 Å². The average Bonchev–Trinajstić information content (AvgIpc) is 3.01. The molecule has 4 nitrogen and oxygen atoms in total. The van der Waals surface area contributed by atoms with Gasteiger partial charge in [-0.15, -0.1) is 0 Å². The van der Waals surface area contributed by atoms with Crippen LogP contribution in [0.5, 0.6) is 0 Å². The topological polar surface area (TPSA) is 40.6 Å². The standard InChI is InChI=1S/C24H23FN2O2/c25-20-11-9-18(10-12-20)17-23(28)26-13-4-14-27(16-15-26)24(29)22-8-3-6-19-5-1-2-7-21(19)22/h1-3,5-12H,4,13-17H2. The van der Waals surface area contributed by atoms with Gasteiger partial charge >= 0.3 is 0 Å². The maximum absolute atomic E-state index is 13.2. The van der Waals surface area contributed by atoms with Crippen LogP contribution in [0.2, 0.25) is 0 Å². The Morgan fingerprint density at radius 2 is 1.48 bits per heavy atom. The van der Waals surface area contributed by atoms with Gasteiger partial charge in [0.2, 0.25) is 5.91 Å². The molecule has 0 N–H and O–H groups in total. The van der Waals surface area contributed by atoms with Crippen molar-refractivity contribution in [2.75, 3.05) is 26.2 Å². The minimum atomic E-state index is -0.307. The van der Waals surface area contributed by atoms with Crippen molar-refractivity contribution in [3.05, 3.63) is 83.7 Å². The van der Waals surface area contributed by atoms with Gasteiger partial charge in [0.15, 0.2) is 0 Å². The van der Waals surface area contributed by atoms with E-state index in [4.69, 9.17) is 0 Å². The number of carbonyl (C=O) groups excluding carboxylic acids is 2. The molecular weight excluding hydrogens is 367 g/mol. The first-order valence-electron chi connectivity index (χ1n) is 9.91. The van der Waals surface area contributed by atoms with Crippen molar-refractivity contribution < 1.29 is 14.0 Å². The molecule has 0 unspecified atom stereocenters. The third-order valence-corrected chi connectivity index (χ3v) is 5.42. The number of nitrogens with zero attached hydrogens (tertiary/aromatic N) is 2. The molecule has 1 saturated heterocycles. The van der Waals surface area contributed by atoms with Gasteiger partial charge in [0.25, 0.3) is 5.91 Å². The van der Waals surface area contributed by atoms with Crippen LogP contribution in [0.1, 0.15) is 22.3 Å². The van der Waals surface area contributed by atoms with Crippen molar-refractivity contribution >= 4 is 22.6 Å². The monoisotopic (exact) mass is 390 g/mol. The van der Waals surface area contributed by atoms with Crippen LogP contribution in [0, 0.1) is 5.82 Å². The van der Waals surface area contributed by atoms with Crippen LogP contribution < -0.4 is 0 Å². The normalized spacial score (nSPS) is 14.7. The van der Waals surface area contributed by atoms with E-state index in [2.05, 4.69) is 0 Å². The maximum atomic E-state index is 13.2. The lowest BCUT2D eigenvalue weighted by Crippen LogP contribution is -2.38. The van der Waals surface area contributed by atoms with Gasteiger partial charge in [0.05, 0.1) is 6.42 Å². The largest absolute Gasteiger partial charge is 0.341 e. The Bertz CT molecular complexity index is 1030. The zero-order valence-electron chi connectivity index (χ0n) is 16.2. The maximum Gasteiger partial charge on any atom is 0.254 e. The van der Waals surface area contributed by atoms with Crippen molar-refractivity contribution in [1.82, 2.24) is 9.80 Å². The summed E-state index contributed by atoms with van der Waals surface area (Å²) in [6, 6.07) is 19.7. The predicted octanol–water partition coefficient (Wildman–Crippen LogP) is 3.90. The lowest BCUT2D eigenvalue weighted by Gasteiger charge is -2.23. The average molecular weight is 390 g/mol. The Kier molecular flexibility index (Phi) is 5.56. The molecule has 1 aliphatic heterocycles. The zero-order chi connectivity index (χ0) is 20.2. The summed E-state index contributed by atoms with van der Waals surface area (Å²) in [5, 5.41) is 2.00. The van der Waals surface area contributed by atoms with Crippen LogP contribution in [0.25, 0.3) is 10.8 Å².